The lowest BCUT2D eigenvalue weighted by Gasteiger charge is -2.37. The van der Waals surface area contributed by atoms with Gasteiger partial charge in [0.05, 0.1) is 5.41 Å². The molecule has 0 bridgehead atoms. The quantitative estimate of drug-likeness (QED) is 0.462. The standard InChI is InChI=1S/C26H31N3O4S/c1-4-8-24(25(30)27-34(32,33)18-13-22-9-6-5-7-10-22)26(31)29-16-14-28(15-17-29)23-12-11-20(2)21(3)19-23/h4-7,9-13,18-19,24H,1,8,14-17H2,2-3H3,(H,27,30). The number of amides is 2. The van der Waals surface area contributed by atoms with Gasteiger partial charge in [0.2, 0.25) is 11.8 Å². The van der Waals surface area contributed by atoms with Crippen molar-refractivity contribution < 1.29 is 18.0 Å². The van der Waals surface area contributed by atoms with E-state index in [0.29, 0.717) is 31.7 Å². The molecule has 0 saturated carbocycles. The third-order valence-corrected chi connectivity index (χ3v) is 6.93. The lowest BCUT2D eigenvalue weighted by Crippen LogP contribution is -2.52. The molecule has 0 aliphatic carbocycles. The highest BCUT2D eigenvalue weighted by Gasteiger charge is 2.33. The maximum Gasteiger partial charge on any atom is 0.257 e. The SMILES string of the molecule is C=CCC(C(=O)NS(=O)(=O)C=Cc1ccccc1)C(=O)N1CCN(c2ccc(C)c(C)c2)CC1. The number of carbonyl (C=O) groups excluding carboxylic acids is 2. The summed E-state index contributed by atoms with van der Waals surface area (Å²) >= 11 is 0. The highest BCUT2D eigenvalue weighted by Crippen LogP contribution is 2.21. The number of benzene rings is 2. The Morgan fingerprint density at radius 3 is 2.32 bits per heavy atom. The van der Waals surface area contributed by atoms with E-state index in [1.807, 2.05) is 10.8 Å². The highest BCUT2D eigenvalue weighted by molar-refractivity contribution is 7.93. The van der Waals surface area contributed by atoms with Gasteiger partial charge in [-0.1, -0.05) is 42.5 Å². The minimum absolute atomic E-state index is 0.0555. The van der Waals surface area contributed by atoms with Crippen LogP contribution in [0.3, 0.4) is 0 Å². The predicted octanol–water partition coefficient (Wildman–Crippen LogP) is 3.26. The molecule has 2 amide bonds. The number of rotatable bonds is 8. The molecule has 3 rings (SSSR count). The normalized spacial score (nSPS) is 15.2. The summed E-state index contributed by atoms with van der Waals surface area (Å²) in [5.41, 5.74) is 4.22. The van der Waals surface area contributed by atoms with Crippen molar-refractivity contribution in [2.75, 3.05) is 31.1 Å². The van der Waals surface area contributed by atoms with Crippen LogP contribution in [-0.2, 0) is 19.6 Å². The first-order valence-electron chi connectivity index (χ1n) is 11.2. The largest absolute Gasteiger partial charge is 0.368 e. The minimum Gasteiger partial charge on any atom is -0.368 e. The van der Waals surface area contributed by atoms with Gasteiger partial charge < -0.3 is 9.80 Å². The van der Waals surface area contributed by atoms with E-state index < -0.39 is 21.8 Å². The zero-order valence-electron chi connectivity index (χ0n) is 19.6. The number of carbonyl (C=O) groups is 2. The number of piperazine rings is 1. The molecule has 1 N–H and O–H groups in total. The predicted molar refractivity (Wildman–Crippen MR) is 136 cm³/mol. The molecule has 1 unspecified atom stereocenters. The van der Waals surface area contributed by atoms with Gasteiger partial charge in [0.1, 0.15) is 5.92 Å². The third-order valence-electron chi connectivity index (χ3n) is 5.95. The number of aryl methyl sites for hydroxylation is 2. The Morgan fingerprint density at radius 1 is 1.03 bits per heavy atom. The second-order valence-electron chi connectivity index (χ2n) is 8.38. The number of anilines is 1. The van der Waals surface area contributed by atoms with Crippen LogP contribution < -0.4 is 9.62 Å². The lowest BCUT2D eigenvalue weighted by molar-refractivity contribution is -0.141. The Bertz CT molecular complexity index is 1170. The van der Waals surface area contributed by atoms with E-state index in [9.17, 15) is 18.0 Å². The maximum atomic E-state index is 13.1. The van der Waals surface area contributed by atoms with Crippen molar-refractivity contribution in [3.63, 3.8) is 0 Å². The molecule has 1 aliphatic heterocycles. The lowest BCUT2D eigenvalue weighted by atomic mass is 10.0. The Labute approximate surface area is 201 Å². The molecular formula is C26H31N3O4S. The zero-order chi connectivity index (χ0) is 24.7. The first-order chi connectivity index (χ1) is 16.2. The van der Waals surface area contributed by atoms with Gasteiger partial charge in [-0.05, 0) is 55.2 Å². The molecule has 180 valence electrons. The van der Waals surface area contributed by atoms with Crippen molar-refractivity contribution in [1.82, 2.24) is 9.62 Å². The summed E-state index contributed by atoms with van der Waals surface area (Å²) in [4.78, 5) is 29.7. The number of hydrogen-bond acceptors (Lipinski definition) is 5. The molecule has 34 heavy (non-hydrogen) atoms. The van der Waals surface area contributed by atoms with Crippen LogP contribution in [0.2, 0.25) is 0 Å². The number of sulfonamides is 1. The topological polar surface area (TPSA) is 86.8 Å². The van der Waals surface area contributed by atoms with E-state index in [4.69, 9.17) is 0 Å². The van der Waals surface area contributed by atoms with Gasteiger partial charge in [0.15, 0.2) is 0 Å². The second-order valence-corrected chi connectivity index (χ2v) is 9.95. The summed E-state index contributed by atoms with van der Waals surface area (Å²) in [7, 11) is -4.05. The van der Waals surface area contributed by atoms with Crippen molar-refractivity contribution in [1.29, 1.82) is 0 Å². The van der Waals surface area contributed by atoms with E-state index in [-0.39, 0.29) is 12.3 Å². The second kappa shape index (κ2) is 11.2. The van der Waals surface area contributed by atoms with Gasteiger partial charge in [-0.2, -0.15) is 0 Å². The van der Waals surface area contributed by atoms with Crippen molar-refractivity contribution >= 4 is 33.6 Å². The molecule has 8 heteroatoms. The summed E-state index contributed by atoms with van der Waals surface area (Å²) < 4.78 is 26.8. The molecule has 7 nitrogen and oxygen atoms in total. The van der Waals surface area contributed by atoms with Crippen LogP contribution in [0.25, 0.3) is 6.08 Å². The zero-order valence-corrected chi connectivity index (χ0v) is 20.4. The molecule has 0 spiro atoms. The van der Waals surface area contributed by atoms with Crippen LogP contribution in [0.4, 0.5) is 5.69 Å². The molecular weight excluding hydrogens is 450 g/mol. The van der Waals surface area contributed by atoms with E-state index in [0.717, 1.165) is 11.1 Å². The molecule has 1 heterocycles. The summed E-state index contributed by atoms with van der Waals surface area (Å²) in [6, 6.07) is 15.2. The number of nitrogens with zero attached hydrogens (tertiary/aromatic N) is 2. The summed E-state index contributed by atoms with van der Waals surface area (Å²) in [6.07, 6.45) is 2.91. The van der Waals surface area contributed by atoms with Crippen LogP contribution in [0.5, 0.6) is 0 Å². The fourth-order valence-corrected chi connectivity index (χ4v) is 4.62. The van der Waals surface area contributed by atoms with Crippen molar-refractivity contribution in [2.45, 2.75) is 20.3 Å². The van der Waals surface area contributed by atoms with Crippen LogP contribution in [0.1, 0.15) is 23.1 Å². The highest BCUT2D eigenvalue weighted by atomic mass is 32.2. The van der Waals surface area contributed by atoms with Crippen LogP contribution in [0, 0.1) is 19.8 Å². The molecule has 1 fully saturated rings. The minimum atomic E-state index is -4.05. The number of allylic oxidation sites excluding steroid dienone is 1. The van der Waals surface area contributed by atoms with Gasteiger partial charge in [0, 0.05) is 31.9 Å². The summed E-state index contributed by atoms with van der Waals surface area (Å²) in [6.45, 7) is 9.94. The van der Waals surface area contributed by atoms with E-state index in [1.54, 1.807) is 29.2 Å². The van der Waals surface area contributed by atoms with Gasteiger partial charge >= 0.3 is 0 Å². The van der Waals surface area contributed by atoms with Crippen molar-refractivity contribution in [2.24, 2.45) is 5.92 Å². The molecule has 0 aromatic heterocycles. The Morgan fingerprint density at radius 2 is 1.71 bits per heavy atom. The molecule has 0 radical (unpaired) electrons. The molecule has 1 aliphatic rings. The number of nitrogens with one attached hydrogen (secondary N) is 1. The number of hydrogen-bond donors (Lipinski definition) is 1. The van der Waals surface area contributed by atoms with Gasteiger partial charge in [-0.15, -0.1) is 6.58 Å². The Balaban J connectivity index is 1.63. The molecule has 1 saturated heterocycles. The van der Waals surface area contributed by atoms with E-state index in [2.05, 4.69) is 43.5 Å². The van der Waals surface area contributed by atoms with Gasteiger partial charge in [-0.3, -0.25) is 9.59 Å². The van der Waals surface area contributed by atoms with Crippen LogP contribution in [-0.4, -0.2) is 51.3 Å². The summed E-state index contributed by atoms with van der Waals surface area (Å²) in [5, 5.41) is 0.929. The van der Waals surface area contributed by atoms with E-state index in [1.165, 1.54) is 23.3 Å². The fraction of sp³-hybridized carbons (Fsp3) is 0.308. The van der Waals surface area contributed by atoms with Gasteiger partial charge in [0.25, 0.3) is 10.0 Å². The maximum absolute atomic E-state index is 13.1. The van der Waals surface area contributed by atoms with Crippen LogP contribution >= 0.6 is 0 Å². The Hall–Kier alpha value is -3.39. The fourth-order valence-electron chi connectivity index (χ4n) is 3.79. The molecule has 2 aromatic carbocycles. The smallest absolute Gasteiger partial charge is 0.257 e. The Kier molecular flexibility index (Phi) is 8.28. The molecule has 1 atom stereocenters. The van der Waals surface area contributed by atoms with Crippen LogP contribution in [0.15, 0.2) is 66.6 Å². The average molecular weight is 482 g/mol. The summed E-state index contributed by atoms with van der Waals surface area (Å²) in [5.74, 6) is -2.39. The third kappa shape index (κ3) is 6.57. The first kappa shape index (κ1) is 25.2. The monoisotopic (exact) mass is 481 g/mol. The van der Waals surface area contributed by atoms with Crippen molar-refractivity contribution in [3.05, 3.63) is 83.3 Å². The van der Waals surface area contributed by atoms with Crippen molar-refractivity contribution in [3.8, 4) is 0 Å². The molecule has 2 aromatic rings. The van der Waals surface area contributed by atoms with E-state index >= 15 is 0 Å². The van der Waals surface area contributed by atoms with Gasteiger partial charge in [-0.25, -0.2) is 13.1 Å². The average Bonchev–Trinajstić information content (AvgIpc) is 2.83. The first-order valence-corrected chi connectivity index (χ1v) is 12.8.